The van der Waals surface area contributed by atoms with Gasteiger partial charge in [0, 0.05) is 37.3 Å². The minimum Gasteiger partial charge on any atom is -0.369 e. The lowest BCUT2D eigenvalue weighted by Crippen LogP contribution is -2.49. The Bertz CT molecular complexity index is 1320. The van der Waals surface area contributed by atoms with Crippen molar-refractivity contribution >= 4 is 15.7 Å². The molecule has 3 heterocycles. The number of piperidine rings is 1. The molecule has 0 amide bonds. The van der Waals surface area contributed by atoms with E-state index in [9.17, 15) is 17.2 Å². The summed E-state index contributed by atoms with van der Waals surface area (Å²) in [5.74, 6) is -1.55. The van der Waals surface area contributed by atoms with E-state index in [2.05, 4.69) is 10.2 Å². The molecule has 2 fully saturated rings. The van der Waals surface area contributed by atoms with Crippen molar-refractivity contribution in [3.8, 4) is 0 Å². The van der Waals surface area contributed by atoms with Gasteiger partial charge in [-0.15, -0.1) is 10.2 Å². The molecule has 0 aliphatic carbocycles. The summed E-state index contributed by atoms with van der Waals surface area (Å²) in [7, 11) is -4.26. The average Bonchev–Trinajstić information content (AvgIpc) is 3.42. The van der Waals surface area contributed by atoms with Crippen molar-refractivity contribution in [2.75, 3.05) is 18.0 Å². The molecule has 198 valence electrons. The maximum absolute atomic E-state index is 15.2. The molecular formula is C25H27F4N5O2S. The van der Waals surface area contributed by atoms with Crippen LogP contribution >= 0.6 is 0 Å². The van der Waals surface area contributed by atoms with Gasteiger partial charge in [0.25, 0.3) is 6.43 Å². The van der Waals surface area contributed by atoms with Crippen LogP contribution in [0.1, 0.15) is 48.1 Å². The standard InChI is InChI=1S/C25H27F4N5O2S/c26-20-13-23(32-10-8-19(9-11-32)33-15-30-31-16-33)21(27)12-18(20)14-34-22(25(28)29)6-7-24(37(34,35)36)17-4-2-1-3-5-17/h1-5,12-13,15-16,19,22,24-25H,6-11,14H2/t22-,24+/m1/s1. The van der Waals surface area contributed by atoms with Gasteiger partial charge in [0.05, 0.1) is 11.7 Å². The number of benzene rings is 2. The van der Waals surface area contributed by atoms with E-state index in [0.29, 0.717) is 35.8 Å². The smallest absolute Gasteiger partial charge is 0.255 e. The summed E-state index contributed by atoms with van der Waals surface area (Å²) in [5.41, 5.74) is 0.276. The fourth-order valence-corrected chi connectivity index (χ4v) is 7.50. The molecular weight excluding hydrogens is 510 g/mol. The largest absolute Gasteiger partial charge is 0.369 e. The normalized spacial score (nSPS) is 23.0. The number of hydrogen-bond acceptors (Lipinski definition) is 5. The van der Waals surface area contributed by atoms with Gasteiger partial charge in [-0.25, -0.2) is 26.0 Å². The molecule has 2 saturated heterocycles. The Morgan fingerprint density at radius 2 is 1.59 bits per heavy atom. The summed E-state index contributed by atoms with van der Waals surface area (Å²) in [5, 5.41) is 6.58. The molecule has 2 atom stereocenters. The molecule has 0 saturated carbocycles. The Morgan fingerprint density at radius 3 is 2.24 bits per heavy atom. The molecule has 1 aromatic heterocycles. The lowest BCUT2D eigenvalue weighted by Gasteiger charge is -2.39. The lowest BCUT2D eigenvalue weighted by atomic mass is 10.0. The van der Waals surface area contributed by atoms with E-state index in [1.807, 2.05) is 4.57 Å². The van der Waals surface area contributed by atoms with Gasteiger partial charge in [-0.05, 0) is 37.3 Å². The first kappa shape index (κ1) is 25.7. The van der Waals surface area contributed by atoms with Crippen LogP contribution in [0.3, 0.4) is 0 Å². The molecule has 0 spiro atoms. The molecule has 0 radical (unpaired) electrons. The van der Waals surface area contributed by atoms with Crippen LogP contribution in [0.4, 0.5) is 23.2 Å². The van der Waals surface area contributed by atoms with E-state index in [1.165, 1.54) is 0 Å². The maximum Gasteiger partial charge on any atom is 0.255 e. The molecule has 0 unspecified atom stereocenters. The van der Waals surface area contributed by atoms with Gasteiger partial charge < -0.3 is 9.47 Å². The van der Waals surface area contributed by atoms with Crippen molar-refractivity contribution in [3.05, 3.63) is 77.9 Å². The van der Waals surface area contributed by atoms with Crippen LogP contribution in [0.25, 0.3) is 0 Å². The van der Waals surface area contributed by atoms with Crippen LogP contribution in [-0.2, 0) is 16.6 Å². The Kier molecular flexibility index (Phi) is 7.21. The SMILES string of the molecule is O=S1(=O)[C@H](c2ccccc2)CC[C@H](C(F)F)N1Cc1cc(F)c(N2CCC(n3cnnc3)CC2)cc1F. The monoisotopic (exact) mass is 537 g/mol. The summed E-state index contributed by atoms with van der Waals surface area (Å²) in [4.78, 5) is 1.73. The second-order valence-electron chi connectivity index (χ2n) is 9.49. The summed E-state index contributed by atoms with van der Waals surface area (Å²) in [6, 6.07) is 8.86. The van der Waals surface area contributed by atoms with Crippen LogP contribution < -0.4 is 4.90 Å². The Labute approximate surface area is 212 Å². The highest BCUT2D eigenvalue weighted by Crippen LogP contribution is 2.40. The number of aromatic nitrogens is 3. The first-order valence-corrected chi connectivity index (χ1v) is 13.7. The van der Waals surface area contributed by atoms with Gasteiger partial charge in [0.15, 0.2) is 0 Å². The highest BCUT2D eigenvalue weighted by molar-refractivity contribution is 7.89. The number of halogens is 4. The topological polar surface area (TPSA) is 71.3 Å². The minimum atomic E-state index is -4.26. The van der Waals surface area contributed by atoms with Crippen molar-refractivity contribution in [2.45, 2.75) is 56.0 Å². The molecule has 5 rings (SSSR count). The molecule has 2 aliphatic heterocycles. The molecule has 37 heavy (non-hydrogen) atoms. The van der Waals surface area contributed by atoms with Gasteiger partial charge in [0.2, 0.25) is 10.0 Å². The fourth-order valence-electron chi connectivity index (χ4n) is 5.34. The van der Waals surface area contributed by atoms with Gasteiger partial charge in [-0.1, -0.05) is 30.3 Å². The number of sulfonamides is 1. The van der Waals surface area contributed by atoms with Crippen molar-refractivity contribution in [1.29, 1.82) is 0 Å². The third-order valence-electron chi connectivity index (χ3n) is 7.35. The van der Waals surface area contributed by atoms with Crippen LogP contribution in [0, 0.1) is 11.6 Å². The van der Waals surface area contributed by atoms with Crippen LogP contribution in [0.15, 0.2) is 55.1 Å². The Balaban J connectivity index is 1.37. The minimum absolute atomic E-state index is 0.0265. The van der Waals surface area contributed by atoms with E-state index < -0.39 is 45.9 Å². The third-order valence-corrected chi connectivity index (χ3v) is 9.63. The maximum atomic E-state index is 15.2. The van der Waals surface area contributed by atoms with Crippen LogP contribution in [0.5, 0.6) is 0 Å². The quantitative estimate of drug-likeness (QED) is 0.427. The first-order valence-electron chi connectivity index (χ1n) is 12.2. The summed E-state index contributed by atoms with van der Waals surface area (Å²) < 4.78 is 87.5. The zero-order valence-corrected chi connectivity index (χ0v) is 20.7. The Morgan fingerprint density at radius 1 is 0.919 bits per heavy atom. The zero-order valence-electron chi connectivity index (χ0n) is 19.9. The summed E-state index contributed by atoms with van der Waals surface area (Å²) in [6.45, 7) is 0.288. The highest BCUT2D eigenvalue weighted by atomic mass is 32.2. The molecule has 7 nitrogen and oxygen atoms in total. The first-order chi connectivity index (χ1) is 17.8. The summed E-state index contributed by atoms with van der Waals surface area (Å²) >= 11 is 0. The van der Waals surface area contributed by atoms with Gasteiger partial charge in [-0.2, -0.15) is 4.31 Å². The lowest BCUT2D eigenvalue weighted by molar-refractivity contribution is 0.0472. The molecule has 0 bridgehead atoms. The molecule has 2 aromatic carbocycles. The van der Waals surface area contributed by atoms with Gasteiger partial charge in [0.1, 0.15) is 29.5 Å². The van der Waals surface area contributed by atoms with E-state index in [-0.39, 0.29) is 30.1 Å². The number of hydrogen-bond donors (Lipinski definition) is 0. The summed E-state index contributed by atoms with van der Waals surface area (Å²) in [6.07, 6.45) is 1.61. The van der Waals surface area contributed by atoms with E-state index >= 15 is 8.78 Å². The zero-order chi connectivity index (χ0) is 26.2. The predicted molar refractivity (Wildman–Crippen MR) is 130 cm³/mol. The predicted octanol–water partition coefficient (Wildman–Crippen LogP) is 4.70. The van der Waals surface area contributed by atoms with Crippen molar-refractivity contribution in [1.82, 2.24) is 19.1 Å². The van der Waals surface area contributed by atoms with Gasteiger partial charge >= 0.3 is 0 Å². The number of nitrogens with zero attached hydrogens (tertiary/aromatic N) is 5. The number of anilines is 1. The highest BCUT2D eigenvalue weighted by Gasteiger charge is 2.45. The van der Waals surface area contributed by atoms with E-state index in [4.69, 9.17) is 0 Å². The molecule has 2 aliphatic rings. The molecule has 0 N–H and O–H groups in total. The fraction of sp³-hybridized carbons (Fsp3) is 0.440. The van der Waals surface area contributed by atoms with Gasteiger partial charge in [-0.3, -0.25) is 0 Å². The van der Waals surface area contributed by atoms with Crippen LogP contribution in [0.2, 0.25) is 0 Å². The molecule has 12 heteroatoms. The third kappa shape index (κ3) is 5.08. The van der Waals surface area contributed by atoms with Crippen molar-refractivity contribution < 1.29 is 26.0 Å². The number of rotatable bonds is 6. The Hall–Kier alpha value is -2.99. The second kappa shape index (κ2) is 10.4. The van der Waals surface area contributed by atoms with E-state index in [0.717, 1.165) is 12.1 Å². The van der Waals surface area contributed by atoms with E-state index in [1.54, 1.807) is 47.9 Å². The van der Waals surface area contributed by atoms with Crippen LogP contribution in [-0.4, -0.2) is 53.0 Å². The van der Waals surface area contributed by atoms with Crippen molar-refractivity contribution in [3.63, 3.8) is 0 Å². The average molecular weight is 538 g/mol. The second-order valence-corrected chi connectivity index (χ2v) is 11.6. The van der Waals surface area contributed by atoms with Crippen molar-refractivity contribution in [2.24, 2.45) is 0 Å². The number of alkyl halides is 2. The molecule has 3 aromatic rings.